The number of rotatable bonds is 4. The number of aryl methyl sites for hydroxylation is 1. The summed E-state index contributed by atoms with van der Waals surface area (Å²) in [7, 11) is 1.46. The molecule has 1 aromatic rings. The zero-order chi connectivity index (χ0) is 11.6. The Kier molecular flexibility index (Phi) is 2.59. The summed E-state index contributed by atoms with van der Waals surface area (Å²) in [5.41, 5.74) is -2.32. The molecular formula is C5H8N6O4. The van der Waals surface area contributed by atoms with Crippen LogP contribution in [0.1, 0.15) is 12.7 Å². The molecule has 1 heterocycles. The number of tetrazole rings is 1. The highest BCUT2D eigenvalue weighted by atomic mass is 16.7. The Balaban J connectivity index is 2.94. The normalized spacial score (nSPS) is 11.3. The molecule has 1 rings (SSSR count). The number of nitrogens with zero attached hydrogens (tertiary/aromatic N) is 6. The number of hydrogen-bond donors (Lipinski definition) is 0. The lowest BCUT2D eigenvalue weighted by Crippen LogP contribution is -2.45. The van der Waals surface area contributed by atoms with Crippen LogP contribution >= 0.6 is 0 Å². The van der Waals surface area contributed by atoms with Crippen molar-refractivity contribution in [1.82, 2.24) is 20.2 Å². The largest absolute Gasteiger partial charge is 0.463 e. The molecule has 0 saturated carbocycles. The third-order valence-electron chi connectivity index (χ3n) is 1.83. The van der Waals surface area contributed by atoms with E-state index in [1.807, 2.05) is 0 Å². The minimum absolute atomic E-state index is 0.0339. The Labute approximate surface area is 83.2 Å². The van der Waals surface area contributed by atoms with E-state index < -0.39 is 21.9 Å². The van der Waals surface area contributed by atoms with E-state index in [0.29, 0.717) is 0 Å². The Hall–Kier alpha value is -2.13. The van der Waals surface area contributed by atoms with Gasteiger partial charge in [-0.05, 0) is 5.21 Å². The summed E-state index contributed by atoms with van der Waals surface area (Å²) >= 11 is 0. The van der Waals surface area contributed by atoms with Crippen LogP contribution in [0.25, 0.3) is 0 Å². The highest BCUT2D eigenvalue weighted by molar-refractivity contribution is 4.83. The fourth-order valence-corrected chi connectivity index (χ4v) is 0.889. The molecule has 0 aliphatic carbocycles. The van der Waals surface area contributed by atoms with Crippen molar-refractivity contribution in [3.05, 3.63) is 26.1 Å². The molecule has 0 aliphatic heterocycles. The molecule has 0 fully saturated rings. The van der Waals surface area contributed by atoms with Crippen molar-refractivity contribution in [2.45, 2.75) is 19.0 Å². The van der Waals surface area contributed by atoms with Crippen LogP contribution in [0.5, 0.6) is 0 Å². The standard InChI is InChI=1S/C5H8N6O4/c1-5(10(12)13,11(14)15)3-4-6-8-9(2)7-4/h3H2,1-2H3. The van der Waals surface area contributed by atoms with E-state index >= 15 is 0 Å². The molecule has 10 heteroatoms. The summed E-state index contributed by atoms with van der Waals surface area (Å²) in [5, 5.41) is 31.6. The van der Waals surface area contributed by atoms with Crippen LogP contribution in [0, 0.1) is 20.2 Å². The highest BCUT2D eigenvalue weighted by Crippen LogP contribution is 2.14. The van der Waals surface area contributed by atoms with Crippen molar-refractivity contribution in [3.63, 3.8) is 0 Å². The second-order valence-corrected chi connectivity index (χ2v) is 3.10. The molecule has 0 N–H and O–H groups in total. The SMILES string of the molecule is Cn1nnc(CC(C)([N+](=O)[O-])[N+](=O)[O-])n1. The number of nitro groups is 2. The Morgan fingerprint density at radius 3 is 2.27 bits per heavy atom. The van der Waals surface area contributed by atoms with Crippen LogP contribution in [-0.2, 0) is 13.5 Å². The molecule has 0 spiro atoms. The number of aromatic nitrogens is 4. The highest BCUT2D eigenvalue weighted by Gasteiger charge is 2.51. The average Bonchev–Trinajstić information content (AvgIpc) is 2.50. The summed E-state index contributed by atoms with van der Waals surface area (Å²) in [6.07, 6.45) is -0.499. The monoisotopic (exact) mass is 216 g/mol. The smallest absolute Gasteiger partial charge is 0.258 e. The van der Waals surface area contributed by atoms with Gasteiger partial charge in [-0.25, -0.2) is 0 Å². The first-order chi connectivity index (χ1) is 6.86. The van der Waals surface area contributed by atoms with E-state index in [0.717, 1.165) is 11.7 Å². The molecule has 1 aromatic heterocycles. The second-order valence-electron chi connectivity index (χ2n) is 3.10. The maximum Gasteiger partial charge on any atom is 0.463 e. The Morgan fingerprint density at radius 1 is 1.40 bits per heavy atom. The van der Waals surface area contributed by atoms with Gasteiger partial charge < -0.3 is 0 Å². The summed E-state index contributed by atoms with van der Waals surface area (Å²) < 4.78 is 0. The van der Waals surface area contributed by atoms with Crippen molar-refractivity contribution >= 4 is 0 Å². The minimum atomic E-state index is -2.32. The molecule has 0 aliphatic rings. The molecule has 0 radical (unpaired) electrons. The topological polar surface area (TPSA) is 130 Å². The van der Waals surface area contributed by atoms with E-state index in [-0.39, 0.29) is 5.82 Å². The summed E-state index contributed by atoms with van der Waals surface area (Å²) in [6, 6.07) is 0. The van der Waals surface area contributed by atoms with Gasteiger partial charge in [0.25, 0.3) is 0 Å². The van der Waals surface area contributed by atoms with Crippen LogP contribution in [0.3, 0.4) is 0 Å². The fourth-order valence-electron chi connectivity index (χ4n) is 0.889. The lowest BCUT2D eigenvalue weighted by Gasteiger charge is -2.09. The van der Waals surface area contributed by atoms with E-state index in [1.54, 1.807) is 0 Å². The van der Waals surface area contributed by atoms with Gasteiger partial charge in [-0.3, -0.25) is 20.2 Å². The van der Waals surface area contributed by atoms with E-state index in [2.05, 4.69) is 15.4 Å². The van der Waals surface area contributed by atoms with Gasteiger partial charge in [0.1, 0.15) is 0 Å². The Bertz CT molecular complexity index is 386. The third-order valence-corrected chi connectivity index (χ3v) is 1.83. The molecule has 0 bridgehead atoms. The minimum Gasteiger partial charge on any atom is -0.258 e. The van der Waals surface area contributed by atoms with Crippen molar-refractivity contribution < 1.29 is 9.85 Å². The van der Waals surface area contributed by atoms with Gasteiger partial charge >= 0.3 is 5.66 Å². The third kappa shape index (κ3) is 2.03. The second kappa shape index (κ2) is 3.55. The molecule has 10 nitrogen and oxygen atoms in total. The molecule has 0 amide bonds. The maximum absolute atomic E-state index is 10.6. The first kappa shape index (κ1) is 10.9. The number of hydrogen-bond acceptors (Lipinski definition) is 7. The van der Waals surface area contributed by atoms with E-state index in [9.17, 15) is 20.2 Å². The summed E-state index contributed by atoms with van der Waals surface area (Å²) in [6.45, 7) is 0.906. The molecule has 0 unspecified atom stereocenters. The van der Waals surface area contributed by atoms with Crippen molar-refractivity contribution in [3.8, 4) is 0 Å². The van der Waals surface area contributed by atoms with Gasteiger partial charge in [0.15, 0.2) is 12.2 Å². The molecule has 82 valence electrons. The predicted molar refractivity (Wildman–Crippen MR) is 44.9 cm³/mol. The Morgan fingerprint density at radius 2 is 1.93 bits per heavy atom. The van der Waals surface area contributed by atoms with Crippen molar-refractivity contribution in [2.24, 2.45) is 7.05 Å². The zero-order valence-electron chi connectivity index (χ0n) is 8.02. The van der Waals surface area contributed by atoms with Crippen molar-refractivity contribution in [1.29, 1.82) is 0 Å². The fraction of sp³-hybridized carbons (Fsp3) is 0.800. The lowest BCUT2D eigenvalue weighted by molar-refractivity contribution is -0.791. The quantitative estimate of drug-likeness (QED) is 0.359. The van der Waals surface area contributed by atoms with E-state index in [1.165, 1.54) is 7.05 Å². The predicted octanol–water partition coefficient (Wildman–Crippen LogP) is -0.978. The molecule has 15 heavy (non-hydrogen) atoms. The molecule has 0 atom stereocenters. The molecule has 0 saturated heterocycles. The van der Waals surface area contributed by atoms with Crippen LogP contribution < -0.4 is 0 Å². The van der Waals surface area contributed by atoms with E-state index in [4.69, 9.17) is 0 Å². The maximum atomic E-state index is 10.6. The van der Waals surface area contributed by atoms with Crippen LogP contribution in [0.15, 0.2) is 0 Å². The first-order valence-corrected chi connectivity index (χ1v) is 3.88. The molecule has 0 aromatic carbocycles. The van der Waals surface area contributed by atoms with Crippen molar-refractivity contribution in [2.75, 3.05) is 0 Å². The molecular weight excluding hydrogens is 208 g/mol. The van der Waals surface area contributed by atoms with Gasteiger partial charge in [-0.15, -0.1) is 10.2 Å². The summed E-state index contributed by atoms with van der Waals surface area (Å²) in [4.78, 5) is 20.3. The lowest BCUT2D eigenvalue weighted by atomic mass is 10.1. The van der Waals surface area contributed by atoms with Crippen LogP contribution in [0.4, 0.5) is 0 Å². The van der Waals surface area contributed by atoms with Gasteiger partial charge in [0.05, 0.1) is 23.8 Å². The van der Waals surface area contributed by atoms with Gasteiger partial charge in [0, 0.05) is 0 Å². The summed E-state index contributed by atoms with van der Waals surface area (Å²) in [5.74, 6) is -0.0339. The zero-order valence-corrected chi connectivity index (χ0v) is 8.02. The van der Waals surface area contributed by atoms with Gasteiger partial charge in [0.2, 0.25) is 0 Å². The average molecular weight is 216 g/mol. The van der Waals surface area contributed by atoms with Gasteiger partial charge in [-0.2, -0.15) is 4.80 Å². The van der Waals surface area contributed by atoms with Crippen LogP contribution in [-0.4, -0.2) is 35.7 Å². The first-order valence-electron chi connectivity index (χ1n) is 3.88. The van der Waals surface area contributed by atoms with Gasteiger partial charge in [-0.1, -0.05) is 0 Å². The van der Waals surface area contributed by atoms with Crippen LogP contribution in [0.2, 0.25) is 0 Å².